The summed E-state index contributed by atoms with van der Waals surface area (Å²) in [5.74, 6) is -1.81. The van der Waals surface area contributed by atoms with Gasteiger partial charge >= 0.3 is 0 Å². The van der Waals surface area contributed by atoms with Gasteiger partial charge in [-0.25, -0.2) is 4.39 Å². The average Bonchev–Trinajstić information content (AvgIpc) is 2.62. The lowest BCUT2D eigenvalue weighted by Crippen LogP contribution is -2.21. The third kappa shape index (κ3) is 5.05. The summed E-state index contributed by atoms with van der Waals surface area (Å²) in [5.41, 5.74) is 6.88. The zero-order valence-corrected chi connectivity index (χ0v) is 14.2. The SMILES string of the molecule is CCO[C@@H](/C=C/C(=O)Nc1ccccc1N)[C@@H](O)c1ccc(O)c(F)c1. The van der Waals surface area contributed by atoms with Crippen molar-refractivity contribution in [3.05, 3.63) is 66.0 Å². The van der Waals surface area contributed by atoms with E-state index in [4.69, 9.17) is 10.5 Å². The lowest BCUT2D eigenvalue weighted by atomic mass is 10.0. The van der Waals surface area contributed by atoms with Crippen molar-refractivity contribution < 1.29 is 24.1 Å². The van der Waals surface area contributed by atoms with Crippen molar-refractivity contribution in [2.24, 2.45) is 0 Å². The van der Waals surface area contributed by atoms with Crippen molar-refractivity contribution >= 4 is 17.3 Å². The molecular weight excluding hydrogens is 339 g/mol. The van der Waals surface area contributed by atoms with Crippen LogP contribution >= 0.6 is 0 Å². The van der Waals surface area contributed by atoms with Crippen LogP contribution in [0.4, 0.5) is 15.8 Å². The number of aromatic hydroxyl groups is 1. The van der Waals surface area contributed by atoms with Crippen LogP contribution in [0.3, 0.4) is 0 Å². The Hall–Kier alpha value is -2.90. The van der Waals surface area contributed by atoms with Gasteiger partial charge in [0.25, 0.3) is 0 Å². The fourth-order valence-electron chi connectivity index (χ4n) is 2.31. The number of phenolic OH excluding ortho intramolecular Hbond substituents is 1. The van der Waals surface area contributed by atoms with E-state index in [0.29, 0.717) is 11.4 Å². The highest BCUT2D eigenvalue weighted by Crippen LogP contribution is 2.25. The fraction of sp³-hybridized carbons (Fsp3) is 0.211. The maximum atomic E-state index is 13.5. The van der Waals surface area contributed by atoms with Crippen molar-refractivity contribution in [2.45, 2.75) is 19.1 Å². The number of hydrogen-bond acceptors (Lipinski definition) is 5. The number of phenols is 1. The average molecular weight is 360 g/mol. The zero-order chi connectivity index (χ0) is 19.1. The first-order chi connectivity index (χ1) is 12.4. The molecule has 1 amide bonds. The maximum absolute atomic E-state index is 13.5. The van der Waals surface area contributed by atoms with Gasteiger partial charge < -0.3 is 26.0 Å². The Labute approximate surface area is 150 Å². The minimum absolute atomic E-state index is 0.219. The first-order valence-electron chi connectivity index (χ1n) is 8.04. The molecular formula is C19H21FN2O4. The minimum atomic E-state index is -1.21. The van der Waals surface area contributed by atoms with E-state index >= 15 is 0 Å². The van der Waals surface area contributed by atoms with Crippen molar-refractivity contribution in [3.63, 3.8) is 0 Å². The molecule has 2 aromatic carbocycles. The Morgan fingerprint density at radius 1 is 1.35 bits per heavy atom. The van der Waals surface area contributed by atoms with Gasteiger partial charge in [-0.15, -0.1) is 0 Å². The molecule has 6 nitrogen and oxygen atoms in total. The number of nitrogens with one attached hydrogen (secondary N) is 1. The van der Waals surface area contributed by atoms with Crippen molar-refractivity contribution in [1.29, 1.82) is 0 Å². The standard InChI is InChI=1S/C19H21FN2O4/c1-2-26-17(19(25)12-7-8-16(23)13(20)11-12)9-10-18(24)22-15-6-4-3-5-14(15)21/h3-11,17,19,23,25H,2,21H2,1H3,(H,22,24)/b10-9+/t17-,19-/m0/s1. The monoisotopic (exact) mass is 360 g/mol. The normalized spacial score (nSPS) is 13.5. The summed E-state index contributed by atoms with van der Waals surface area (Å²) in [6.45, 7) is 2.01. The summed E-state index contributed by atoms with van der Waals surface area (Å²) in [6, 6.07) is 10.4. The van der Waals surface area contributed by atoms with E-state index in [1.807, 2.05) is 0 Å². The number of ether oxygens (including phenoxy) is 1. The molecule has 0 heterocycles. The number of hydrogen-bond donors (Lipinski definition) is 4. The lowest BCUT2D eigenvalue weighted by Gasteiger charge is -2.20. The number of amides is 1. The van der Waals surface area contributed by atoms with E-state index in [-0.39, 0.29) is 12.2 Å². The highest BCUT2D eigenvalue weighted by atomic mass is 19.1. The molecule has 0 saturated heterocycles. The fourth-order valence-corrected chi connectivity index (χ4v) is 2.31. The topological polar surface area (TPSA) is 105 Å². The molecule has 0 aliphatic carbocycles. The van der Waals surface area contributed by atoms with Gasteiger partial charge in [-0.2, -0.15) is 0 Å². The number of para-hydroxylation sites is 2. The van der Waals surface area contributed by atoms with E-state index in [0.717, 1.165) is 12.1 Å². The zero-order valence-electron chi connectivity index (χ0n) is 14.2. The van der Waals surface area contributed by atoms with Crippen molar-refractivity contribution in [3.8, 4) is 5.75 Å². The number of aliphatic hydroxyl groups excluding tert-OH is 1. The van der Waals surface area contributed by atoms with Crippen LogP contribution in [0.25, 0.3) is 0 Å². The lowest BCUT2D eigenvalue weighted by molar-refractivity contribution is -0.112. The molecule has 26 heavy (non-hydrogen) atoms. The number of nitrogen functional groups attached to an aromatic ring is 1. The summed E-state index contributed by atoms with van der Waals surface area (Å²) >= 11 is 0. The summed E-state index contributed by atoms with van der Waals surface area (Å²) in [6.07, 6.45) is 0.513. The second-order valence-corrected chi connectivity index (χ2v) is 5.51. The van der Waals surface area contributed by atoms with Gasteiger partial charge in [0.15, 0.2) is 11.6 Å². The van der Waals surface area contributed by atoms with Crippen LogP contribution in [0.15, 0.2) is 54.6 Å². The summed E-state index contributed by atoms with van der Waals surface area (Å²) < 4.78 is 18.9. The number of nitrogens with two attached hydrogens (primary N) is 1. The maximum Gasteiger partial charge on any atom is 0.248 e. The molecule has 0 bridgehead atoms. The molecule has 0 fully saturated rings. The van der Waals surface area contributed by atoms with Gasteiger partial charge in [0.1, 0.15) is 12.2 Å². The van der Waals surface area contributed by atoms with Crippen LogP contribution in [0, 0.1) is 5.82 Å². The number of halogens is 1. The molecule has 5 N–H and O–H groups in total. The molecule has 0 aliphatic heterocycles. The number of benzene rings is 2. The van der Waals surface area contributed by atoms with Gasteiger partial charge in [-0.05, 0) is 42.8 Å². The molecule has 2 atom stereocenters. The molecule has 0 aliphatic rings. The van der Waals surface area contributed by atoms with Crippen molar-refractivity contribution in [2.75, 3.05) is 17.7 Å². The van der Waals surface area contributed by atoms with E-state index in [1.165, 1.54) is 18.2 Å². The summed E-state index contributed by atoms with van der Waals surface area (Å²) in [7, 11) is 0. The number of rotatable bonds is 7. The quantitative estimate of drug-likeness (QED) is 0.449. The van der Waals surface area contributed by atoms with E-state index in [9.17, 15) is 19.4 Å². The molecule has 0 saturated carbocycles. The van der Waals surface area contributed by atoms with Crippen LogP contribution in [0.1, 0.15) is 18.6 Å². The van der Waals surface area contributed by atoms with Crippen molar-refractivity contribution in [1.82, 2.24) is 0 Å². The van der Waals surface area contributed by atoms with E-state index in [2.05, 4.69) is 5.32 Å². The predicted octanol–water partition coefficient (Wildman–Crippen LogP) is 2.75. The van der Waals surface area contributed by atoms with Crippen LogP contribution < -0.4 is 11.1 Å². The van der Waals surface area contributed by atoms with Crippen LogP contribution in [0.5, 0.6) is 5.75 Å². The predicted molar refractivity (Wildman–Crippen MR) is 97.1 cm³/mol. The number of carbonyl (C=O) groups excluding carboxylic acids is 1. The molecule has 0 unspecified atom stereocenters. The largest absolute Gasteiger partial charge is 0.505 e. The second kappa shape index (κ2) is 8.98. The molecule has 7 heteroatoms. The number of aliphatic hydroxyl groups is 1. The first kappa shape index (κ1) is 19.4. The van der Waals surface area contributed by atoms with Gasteiger partial charge in [0, 0.05) is 12.7 Å². The molecule has 0 radical (unpaired) electrons. The Morgan fingerprint density at radius 2 is 2.08 bits per heavy atom. The third-order valence-corrected chi connectivity index (χ3v) is 3.64. The third-order valence-electron chi connectivity index (χ3n) is 3.64. The van der Waals surface area contributed by atoms with Crippen LogP contribution in [0.2, 0.25) is 0 Å². The Bertz CT molecular complexity index is 795. The molecule has 0 spiro atoms. The summed E-state index contributed by atoms with van der Waals surface area (Å²) in [5, 5.41) is 22.3. The van der Waals surface area contributed by atoms with E-state index in [1.54, 1.807) is 31.2 Å². The number of carbonyl (C=O) groups is 1. The molecule has 2 rings (SSSR count). The van der Waals surface area contributed by atoms with Gasteiger partial charge in [-0.3, -0.25) is 4.79 Å². The Balaban J connectivity index is 2.10. The van der Waals surface area contributed by atoms with Crippen LogP contribution in [-0.4, -0.2) is 28.8 Å². The van der Waals surface area contributed by atoms with Crippen LogP contribution in [-0.2, 0) is 9.53 Å². The van der Waals surface area contributed by atoms with Gasteiger partial charge in [0.05, 0.1) is 11.4 Å². The smallest absolute Gasteiger partial charge is 0.248 e. The Kier molecular flexibility index (Phi) is 6.71. The molecule has 0 aromatic heterocycles. The second-order valence-electron chi connectivity index (χ2n) is 5.51. The molecule has 2 aromatic rings. The van der Waals surface area contributed by atoms with Gasteiger partial charge in [0.2, 0.25) is 5.91 Å². The van der Waals surface area contributed by atoms with E-state index < -0.39 is 29.7 Å². The van der Waals surface area contributed by atoms with Gasteiger partial charge in [-0.1, -0.05) is 18.2 Å². The highest BCUT2D eigenvalue weighted by molar-refractivity contribution is 6.01. The minimum Gasteiger partial charge on any atom is -0.505 e. The summed E-state index contributed by atoms with van der Waals surface area (Å²) in [4.78, 5) is 12.0. The number of anilines is 2. The Morgan fingerprint density at radius 3 is 2.73 bits per heavy atom. The highest BCUT2D eigenvalue weighted by Gasteiger charge is 2.20. The molecule has 138 valence electrons. The first-order valence-corrected chi connectivity index (χ1v) is 8.04.